The van der Waals surface area contributed by atoms with E-state index in [9.17, 15) is 0 Å². The molecule has 5 rings (SSSR count). The van der Waals surface area contributed by atoms with Gasteiger partial charge in [-0.2, -0.15) is 0 Å². The van der Waals surface area contributed by atoms with Crippen LogP contribution in [0.15, 0.2) is 59.7 Å². The Morgan fingerprint density at radius 3 is 2.14 bits per heavy atom. The normalized spacial score (nSPS) is 20.0. The van der Waals surface area contributed by atoms with Crippen LogP contribution in [0.5, 0.6) is 0 Å². The Labute approximate surface area is 131 Å². The van der Waals surface area contributed by atoms with Gasteiger partial charge in [-0.3, -0.25) is 0 Å². The van der Waals surface area contributed by atoms with Crippen molar-refractivity contribution in [2.24, 2.45) is 0 Å². The number of rotatable bonds is 0. The molecule has 0 atom stereocenters. The summed E-state index contributed by atoms with van der Waals surface area (Å²) in [6.45, 7) is 0. The lowest BCUT2D eigenvalue weighted by atomic mass is 9.81. The van der Waals surface area contributed by atoms with Crippen molar-refractivity contribution in [3.05, 3.63) is 70.8 Å². The predicted octanol–water partition coefficient (Wildman–Crippen LogP) is 6.28. The van der Waals surface area contributed by atoms with E-state index < -0.39 is 0 Å². The molecule has 0 N–H and O–H groups in total. The van der Waals surface area contributed by atoms with Crippen molar-refractivity contribution in [3.63, 3.8) is 0 Å². The van der Waals surface area contributed by atoms with E-state index in [0.29, 0.717) is 0 Å². The Morgan fingerprint density at radius 2 is 1.32 bits per heavy atom. The largest absolute Gasteiger partial charge is 0.0761 e. The lowest BCUT2D eigenvalue weighted by molar-refractivity contribution is 0.721. The molecule has 0 fully saturated rings. The Hall–Kier alpha value is -2.08. The van der Waals surface area contributed by atoms with E-state index in [1.54, 1.807) is 16.7 Å². The monoisotopic (exact) mass is 284 g/mol. The molecule has 0 heteroatoms. The third-order valence-electron chi connectivity index (χ3n) is 5.47. The molecule has 3 aliphatic carbocycles. The number of fused-ring (bicyclic) bond motifs is 4. The zero-order valence-corrected chi connectivity index (χ0v) is 12.9. The Morgan fingerprint density at radius 1 is 0.636 bits per heavy atom. The lowest BCUT2D eigenvalue weighted by Gasteiger charge is -2.23. The molecule has 108 valence electrons. The maximum absolute atomic E-state index is 2.50. The van der Waals surface area contributed by atoms with E-state index in [2.05, 4.69) is 48.6 Å². The standard InChI is InChI=1S/C22H20/c1-3-11-18-16(9-1)17-10-2-4-12-19(17)21-14-6-8-15-7-5-13-20(18)22(15)21/h5-9,11,13-14H,1-4,10,12H2. The van der Waals surface area contributed by atoms with Crippen LogP contribution in [0, 0.1) is 0 Å². The summed E-state index contributed by atoms with van der Waals surface area (Å²) in [5.74, 6) is 0. The number of hydrogen-bond acceptors (Lipinski definition) is 0. The van der Waals surface area contributed by atoms with Crippen LogP contribution in [-0.4, -0.2) is 0 Å². The molecular formula is C22H20. The fourth-order valence-electron chi connectivity index (χ4n) is 4.53. The number of benzene rings is 2. The van der Waals surface area contributed by atoms with Crippen LogP contribution in [0.3, 0.4) is 0 Å². The second kappa shape index (κ2) is 4.71. The maximum Gasteiger partial charge on any atom is -0.00299 e. The van der Waals surface area contributed by atoms with Gasteiger partial charge in [-0.1, -0.05) is 48.6 Å². The van der Waals surface area contributed by atoms with Crippen molar-refractivity contribution in [3.8, 4) is 0 Å². The summed E-state index contributed by atoms with van der Waals surface area (Å²) in [6.07, 6.45) is 12.5. The quantitative estimate of drug-likeness (QED) is 0.533. The molecule has 0 radical (unpaired) electrons. The highest BCUT2D eigenvalue weighted by Gasteiger charge is 2.27. The summed E-state index contributed by atoms with van der Waals surface area (Å²) >= 11 is 0. The molecule has 2 aromatic rings. The Kier molecular flexibility index (Phi) is 2.67. The molecule has 0 amide bonds. The van der Waals surface area contributed by atoms with E-state index in [4.69, 9.17) is 0 Å². The third kappa shape index (κ3) is 1.64. The number of allylic oxidation sites excluding steroid dienone is 6. The zero-order chi connectivity index (χ0) is 14.5. The van der Waals surface area contributed by atoms with Crippen molar-refractivity contribution in [2.45, 2.75) is 38.5 Å². The average Bonchev–Trinajstić information content (AvgIpc) is 2.72. The summed E-state index contributed by atoms with van der Waals surface area (Å²) < 4.78 is 0. The molecule has 2 aromatic carbocycles. The van der Waals surface area contributed by atoms with Crippen molar-refractivity contribution in [1.82, 2.24) is 0 Å². The fourth-order valence-corrected chi connectivity index (χ4v) is 4.53. The molecule has 0 heterocycles. The maximum atomic E-state index is 2.50. The molecular weight excluding hydrogens is 264 g/mol. The zero-order valence-electron chi connectivity index (χ0n) is 12.9. The van der Waals surface area contributed by atoms with Gasteiger partial charge in [0.1, 0.15) is 0 Å². The first-order chi connectivity index (χ1) is 10.9. The van der Waals surface area contributed by atoms with Crippen molar-refractivity contribution in [1.29, 1.82) is 0 Å². The second-order valence-electron chi connectivity index (χ2n) is 6.69. The van der Waals surface area contributed by atoms with Gasteiger partial charge >= 0.3 is 0 Å². The minimum absolute atomic E-state index is 1.18. The smallest absolute Gasteiger partial charge is 0.00299 e. The average molecular weight is 284 g/mol. The van der Waals surface area contributed by atoms with Gasteiger partial charge in [0.15, 0.2) is 0 Å². The van der Waals surface area contributed by atoms with Crippen LogP contribution >= 0.6 is 0 Å². The Bertz CT molecular complexity index is 869. The van der Waals surface area contributed by atoms with Crippen LogP contribution in [-0.2, 0) is 0 Å². The van der Waals surface area contributed by atoms with Gasteiger partial charge in [0.25, 0.3) is 0 Å². The van der Waals surface area contributed by atoms with Crippen LogP contribution in [0.1, 0.15) is 49.7 Å². The van der Waals surface area contributed by atoms with Crippen molar-refractivity contribution >= 4 is 21.9 Å². The molecule has 0 spiro atoms. The van der Waals surface area contributed by atoms with Crippen LogP contribution in [0.2, 0.25) is 0 Å². The van der Waals surface area contributed by atoms with Gasteiger partial charge in [-0.25, -0.2) is 0 Å². The molecule has 0 saturated carbocycles. The summed E-state index contributed by atoms with van der Waals surface area (Å²) in [5.41, 5.74) is 9.26. The molecule has 0 aromatic heterocycles. The van der Waals surface area contributed by atoms with Crippen molar-refractivity contribution < 1.29 is 0 Å². The van der Waals surface area contributed by atoms with Gasteiger partial charge in [0.05, 0.1) is 0 Å². The van der Waals surface area contributed by atoms with E-state index in [-0.39, 0.29) is 0 Å². The topological polar surface area (TPSA) is 0 Å². The first kappa shape index (κ1) is 12.5. The molecule has 0 bridgehead atoms. The molecule has 0 unspecified atom stereocenters. The first-order valence-corrected chi connectivity index (χ1v) is 8.59. The van der Waals surface area contributed by atoms with Crippen LogP contribution in [0.4, 0.5) is 0 Å². The second-order valence-corrected chi connectivity index (χ2v) is 6.69. The molecule has 0 aliphatic heterocycles. The van der Waals surface area contributed by atoms with Gasteiger partial charge in [-0.15, -0.1) is 0 Å². The Balaban J connectivity index is 1.97. The molecule has 0 saturated heterocycles. The molecule has 0 nitrogen and oxygen atoms in total. The molecule has 22 heavy (non-hydrogen) atoms. The minimum Gasteiger partial charge on any atom is -0.0761 e. The minimum atomic E-state index is 1.18. The number of hydrogen-bond donors (Lipinski definition) is 0. The highest BCUT2D eigenvalue weighted by molar-refractivity contribution is 6.08. The van der Waals surface area contributed by atoms with Gasteiger partial charge in [0, 0.05) is 0 Å². The summed E-state index contributed by atoms with van der Waals surface area (Å²) in [5, 5.41) is 2.87. The molecule has 3 aliphatic rings. The third-order valence-corrected chi connectivity index (χ3v) is 5.47. The van der Waals surface area contributed by atoms with Crippen LogP contribution in [0.25, 0.3) is 21.9 Å². The summed E-state index contributed by atoms with van der Waals surface area (Å²) in [7, 11) is 0. The van der Waals surface area contributed by atoms with E-state index in [0.717, 1.165) is 0 Å². The summed E-state index contributed by atoms with van der Waals surface area (Å²) in [6, 6.07) is 13.7. The predicted molar refractivity (Wildman–Crippen MR) is 94.6 cm³/mol. The summed E-state index contributed by atoms with van der Waals surface area (Å²) in [4.78, 5) is 0. The highest BCUT2D eigenvalue weighted by atomic mass is 14.3. The highest BCUT2D eigenvalue weighted by Crippen LogP contribution is 2.48. The van der Waals surface area contributed by atoms with E-state index in [1.165, 1.54) is 66.0 Å². The van der Waals surface area contributed by atoms with Crippen molar-refractivity contribution in [2.75, 3.05) is 0 Å². The van der Waals surface area contributed by atoms with Crippen LogP contribution < -0.4 is 0 Å². The van der Waals surface area contributed by atoms with Gasteiger partial charge in [0.2, 0.25) is 0 Å². The first-order valence-electron chi connectivity index (χ1n) is 8.59. The SMILES string of the molecule is C1=C2C(=CCC1)c1cccc3cccc(c13)C1=C2CCCC1. The lowest BCUT2D eigenvalue weighted by Crippen LogP contribution is -2.03. The van der Waals surface area contributed by atoms with E-state index in [1.807, 2.05) is 0 Å². The van der Waals surface area contributed by atoms with E-state index >= 15 is 0 Å². The van der Waals surface area contributed by atoms with Gasteiger partial charge in [-0.05, 0) is 82.7 Å². The fraction of sp³-hybridized carbons (Fsp3) is 0.273. The van der Waals surface area contributed by atoms with Gasteiger partial charge < -0.3 is 0 Å².